The number of Topliss-reactive ketones (excluding diaryl/α,β-unsaturated/α-hetero) is 1. The summed E-state index contributed by atoms with van der Waals surface area (Å²) in [6.45, 7) is 0.558. The van der Waals surface area contributed by atoms with E-state index in [0.717, 1.165) is 6.20 Å². The number of alkyl halides is 3. The molecule has 232 valence electrons. The standard InChI is InChI=1S/C32H29F3N6O4/c1-39(20-13-16-40(17-14-20)24-12-15-36-31(37-24)32(33,34)35)30(44)27-28(45-2)25-26(38-27)21-10-6-7-11-22(21)41(29(25)43)18-23(42)19-8-4-3-5-9-19/h3-12,15,20,38H,13-14,16-18H2,1-2H3. The van der Waals surface area contributed by atoms with E-state index in [9.17, 15) is 27.6 Å². The number of hydrogen-bond donors (Lipinski definition) is 1. The van der Waals surface area contributed by atoms with Crippen LogP contribution in [0.1, 0.15) is 39.5 Å². The molecule has 13 heteroatoms. The Labute approximate surface area is 255 Å². The Morgan fingerprint density at radius 2 is 1.73 bits per heavy atom. The van der Waals surface area contributed by atoms with Gasteiger partial charge in [-0.15, -0.1) is 0 Å². The number of hydrogen-bond acceptors (Lipinski definition) is 7. The average Bonchev–Trinajstić information content (AvgIpc) is 3.46. The van der Waals surface area contributed by atoms with Crippen LogP contribution in [-0.2, 0) is 12.7 Å². The second-order valence-electron chi connectivity index (χ2n) is 10.9. The first kappa shape index (κ1) is 29.9. The number of methoxy groups -OCH3 is 1. The van der Waals surface area contributed by atoms with Crippen molar-refractivity contribution < 1.29 is 27.5 Å². The number of piperidine rings is 1. The minimum Gasteiger partial charge on any atom is -0.493 e. The lowest BCUT2D eigenvalue weighted by molar-refractivity contribution is -0.144. The highest BCUT2D eigenvalue weighted by Crippen LogP contribution is 2.34. The number of para-hydroxylation sites is 1. The summed E-state index contributed by atoms with van der Waals surface area (Å²) in [6.07, 6.45) is -2.60. The number of carbonyl (C=O) groups is 2. The number of H-pyrrole nitrogens is 1. The number of aromatic amines is 1. The van der Waals surface area contributed by atoms with Crippen LogP contribution in [0.25, 0.3) is 21.8 Å². The lowest BCUT2D eigenvalue weighted by Crippen LogP contribution is -2.46. The van der Waals surface area contributed by atoms with Crippen LogP contribution in [-0.4, -0.2) is 69.4 Å². The van der Waals surface area contributed by atoms with Crippen LogP contribution in [0.4, 0.5) is 19.0 Å². The summed E-state index contributed by atoms with van der Waals surface area (Å²) in [5, 5.41) is 0.803. The number of nitrogens with zero attached hydrogens (tertiary/aromatic N) is 5. The van der Waals surface area contributed by atoms with E-state index >= 15 is 0 Å². The van der Waals surface area contributed by atoms with Crippen molar-refractivity contribution in [2.24, 2.45) is 0 Å². The van der Waals surface area contributed by atoms with E-state index in [1.54, 1.807) is 65.4 Å². The monoisotopic (exact) mass is 618 g/mol. The van der Waals surface area contributed by atoms with Crippen LogP contribution < -0.4 is 15.2 Å². The van der Waals surface area contributed by atoms with Gasteiger partial charge < -0.3 is 19.5 Å². The minimum atomic E-state index is -4.65. The molecular weight excluding hydrogens is 589 g/mol. The molecular formula is C32H29F3N6O4. The summed E-state index contributed by atoms with van der Waals surface area (Å²) in [6, 6.07) is 17.0. The molecule has 10 nitrogen and oxygen atoms in total. The Morgan fingerprint density at radius 3 is 2.42 bits per heavy atom. The Balaban J connectivity index is 1.30. The van der Waals surface area contributed by atoms with Crippen LogP contribution in [0.2, 0.25) is 0 Å². The first-order chi connectivity index (χ1) is 21.6. The Bertz CT molecular complexity index is 1960. The van der Waals surface area contributed by atoms with Gasteiger partial charge >= 0.3 is 6.18 Å². The van der Waals surface area contributed by atoms with Crippen LogP contribution in [0.5, 0.6) is 5.75 Å². The van der Waals surface area contributed by atoms with Crippen molar-refractivity contribution in [3.63, 3.8) is 0 Å². The van der Waals surface area contributed by atoms with E-state index in [4.69, 9.17) is 4.74 Å². The molecule has 1 amide bonds. The van der Waals surface area contributed by atoms with Crippen LogP contribution in [0.3, 0.4) is 0 Å². The van der Waals surface area contributed by atoms with Gasteiger partial charge in [-0.25, -0.2) is 9.97 Å². The molecule has 5 aromatic rings. The predicted molar refractivity (Wildman–Crippen MR) is 162 cm³/mol. The minimum absolute atomic E-state index is 0.0802. The Morgan fingerprint density at radius 1 is 1.04 bits per heavy atom. The number of rotatable bonds is 7. The molecule has 4 heterocycles. The predicted octanol–water partition coefficient (Wildman–Crippen LogP) is 4.92. The highest BCUT2D eigenvalue weighted by molar-refractivity contribution is 6.11. The van der Waals surface area contributed by atoms with Gasteiger partial charge in [-0.3, -0.25) is 19.0 Å². The number of pyridine rings is 1. The van der Waals surface area contributed by atoms with E-state index in [1.807, 2.05) is 6.07 Å². The maximum Gasteiger partial charge on any atom is 0.451 e. The molecule has 1 fully saturated rings. The van der Waals surface area contributed by atoms with Crippen molar-refractivity contribution >= 4 is 39.3 Å². The van der Waals surface area contributed by atoms with Gasteiger partial charge in [0.25, 0.3) is 11.5 Å². The number of carbonyl (C=O) groups excluding carboxylic acids is 2. The number of anilines is 1. The van der Waals surface area contributed by atoms with E-state index in [1.165, 1.54) is 17.7 Å². The Kier molecular flexibility index (Phi) is 7.77. The molecule has 2 aromatic carbocycles. The molecule has 1 aliphatic rings. The molecule has 1 N–H and O–H groups in total. The van der Waals surface area contributed by atoms with Gasteiger partial charge in [0.2, 0.25) is 5.82 Å². The third-order valence-corrected chi connectivity index (χ3v) is 8.24. The first-order valence-electron chi connectivity index (χ1n) is 14.3. The number of benzene rings is 2. The van der Waals surface area contributed by atoms with E-state index in [2.05, 4.69) is 15.0 Å². The van der Waals surface area contributed by atoms with Gasteiger partial charge in [0.1, 0.15) is 16.9 Å². The highest BCUT2D eigenvalue weighted by atomic mass is 19.4. The molecule has 1 saturated heterocycles. The summed E-state index contributed by atoms with van der Waals surface area (Å²) in [4.78, 5) is 54.4. The quantitative estimate of drug-likeness (QED) is 0.258. The number of ketones is 1. The second kappa shape index (κ2) is 11.7. The van der Waals surface area contributed by atoms with E-state index in [-0.39, 0.29) is 41.0 Å². The van der Waals surface area contributed by atoms with Gasteiger partial charge in [0.05, 0.1) is 24.7 Å². The second-order valence-corrected chi connectivity index (χ2v) is 10.9. The summed E-state index contributed by atoms with van der Waals surface area (Å²) >= 11 is 0. The molecule has 45 heavy (non-hydrogen) atoms. The zero-order valence-electron chi connectivity index (χ0n) is 24.5. The molecule has 0 atom stereocenters. The number of ether oxygens (including phenoxy) is 1. The van der Waals surface area contributed by atoms with Crippen LogP contribution >= 0.6 is 0 Å². The fraction of sp³-hybridized carbons (Fsp3) is 0.281. The first-order valence-corrected chi connectivity index (χ1v) is 14.3. The Hall–Kier alpha value is -5.20. The van der Waals surface area contributed by atoms with Gasteiger partial charge in [0, 0.05) is 43.3 Å². The number of amides is 1. The van der Waals surface area contributed by atoms with Crippen molar-refractivity contribution in [1.82, 2.24) is 24.4 Å². The maximum atomic E-state index is 14.0. The summed E-state index contributed by atoms with van der Waals surface area (Å²) in [5.74, 6) is -1.59. The highest BCUT2D eigenvalue weighted by Gasteiger charge is 2.36. The van der Waals surface area contributed by atoms with Crippen molar-refractivity contribution in [1.29, 1.82) is 0 Å². The van der Waals surface area contributed by atoms with Crippen molar-refractivity contribution in [3.8, 4) is 5.75 Å². The summed E-state index contributed by atoms with van der Waals surface area (Å²) in [7, 11) is 3.03. The number of nitrogens with one attached hydrogen (secondary N) is 1. The van der Waals surface area contributed by atoms with Gasteiger partial charge in [-0.05, 0) is 25.0 Å². The van der Waals surface area contributed by atoms with Crippen LogP contribution in [0, 0.1) is 0 Å². The topological polar surface area (TPSA) is 113 Å². The fourth-order valence-corrected chi connectivity index (χ4v) is 5.91. The van der Waals surface area contributed by atoms with E-state index < -0.39 is 23.5 Å². The molecule has 0 unspecified atom stereocenters. The summed E-state index contributed by atoms with van der Waals surface area (Å²) in [5.41, 5.74) is 1.04. The normalized spacial score (nSPS) is 14.2. The van der Waals surface area contributed by atoms with Crippen molar-refractivity contribution in [3.05, 3.63) is 94.3 Å². The number of fused-ring (bicyclic) bond motifs is 3. The van der Waals surface area contributed by atoms with Crippen LogP contribution in [0.15, 0.2) is 71.7 Å². The summed E-state index contributed by atoms with van der Waals surface area (Å²) < 4.78 is 46.4. The fourth-order valence-electron chi connectivity index (χ4n) is 5.91. The zero-order chi connectivity index (χ0) is 31.9. The third-order valence-electron chi connectivity index (χ3n) is 8.24. The van der Waals surface area contributed by atoms with Gasteiger partial charge in [-0.2, -0.15) is 13.2 Å². The maximum absolute atomic E-state index is 14.0. The third kappa shape index (κ3) is 5.49. The molecule has 0 aliphatic carbocycles. The lowest BCUT2D eigenvalue weighted by atomic mass is 10.0. The molecule has 6 rings (SSSR count). The smallest absolute Gasteiger partial charge is 0.451 e. The average molecular weight is 619 g/mol. The molecule has 3 aromatic heterocycles. The lowest BCUT2D eigenvalue weighted by Gasteiger charge is -2.37. The van der Waals surface area contributed by atoms with Gasteiger partial charge in [0.15, 0.2) is 11.5 Å². The molecule has 0 bridgehead atoms. The molecule has 0 spiro atoms. The van der Waals surface area contributed by atoms with E-state index in [0.29, 0.717) is 47.9 Å². The zero-order valence-corrected chi connectivity index (χ0v) is 24.5. The molecule has 1 aliphatic heterocycles. The van der Waals surface area contributed by atoms with Gasteiger partial charge in [-0.1, -0.05) is 48.5 Å². The number of halogens is 3. The molecule has 0 radical (unpaired) electrons. The molecule has 0 saturated carbocycles. The van der Waals surface area contributed by atoms with Crippen molar-refractivity contribution in [2.45, 2.75) is 31.6 Å². The SMILES string of the molecule is COc1c(C(=O)N(C)C2CCN(c3ccnc(C(F)(F)F)n3)CC2)[nH]c2c1c(=O)n(CC(=O)c1ccccc1)c1ccccc21. The number of aromatic nitrogens is 4. The largest absolute Gasteiger partial charge is 0.493 e. The van der Waals surface area contributed by atoms with Crippen molar-refractivity contribution in [2.75, 3.05) is 32.1 Å².